The molecule has 17 heavy (non-hydrogen) atoms. The molecule has 0 amide bonds. The second-order valence-corrected chi connectivity index (χ2v) is 3.65. The molecule has 0 aromatic heterocycles. The minimum atomic E-state index is -4.56. The summed E-state index contributed by atoms with van der Waals surface area (Å²) in [5.74, 6) is 0.779. The summed E-state index contributed by atoms with van der Waals surface area (Å²) in [6.45, 7) is 0.162. The number of nitrogens with one attached hydrogen (secondary N) is 1. The normalized spacial score (nSPS) is 18.9. The molecular formula is C11H12F3NO2. The second-order valence-electron chi connectivity index (χ2n) is 3.65. The van der Waals surface area contributed by atoms with E-state index in [0.717, 1.165) is 11.3 Å². The van der Waals surface area contributed by atoms with E-state index in [1.54, 1.807) is 0 Å². The van der Waals surface area contributed by atoms with Crippen LogP contribution in [0.2, 0.25) is 0 Å². The van der Waals surface area contributed by atoms with Gasteiger partial charge in [-0.25, -0.2) is 0 Å². The van der Waals surface area contributed by atoms with Crippen LogP contribution in [-0.4, -0.2) is 26.1 Å². The first-order valence-electron chi connectivity index (χ1n) is 5.22. The largest absolute Gasteiger partial charge is 0.522 e. The lowest BCUT2D eigenvalue weighted by atomic mass is 10.1. The molecule has 1 N–H and O–H groups in total. The van der Waals surface area contributed by atoms with Gasteiger partial charge in [0.2, 0.25) is 0 Å². The number of alkyl halides is 3. The van der Waals surface area contributed by atoms with Crippen LogP contribution in [0.3, 0.4) is 0 Å². The van der Waals surface area contributed by atoms with Crippen molar-refractivity contribution in [2.75, 3.05) is 19.8 Å². The zero-order valence-corrected chi connectivity index (χ0v) is 8.96. The molecule has 6 heteroatoms. The maximum absolute atomic E-state index is 11.7. The van der Waals surface area contributed by atoms with Crippen LogP contribution in [0.4, 0.5) is 13.2 Å². The number of para-hydroxylation sites is 1. The lowest BCUT2D eigenvalue weighted by Gasteiger charge is -2.12. The number of benzene rings is 1. The summed E-state index contributed by atoms with van der Waals surface area (Å²) in [6.07, 6.45) is -4.56. The Hall–Kier alpha value is -1.27. The summed E-state index contributed by atoms with van der Waals surface area (Å²) in [6, 6.07) is 7.39. The van der Waals surface area contributed by atoms with Crippen molar-refractivity contribution in [3.63, 3.8) is 0 Å². The molecule has 1 aliphatic rings. The van der Waals surface area contributed by atoms with E-state index in [2.05, 4.69) is 10.1 Å². The highest BCUT2D eigenvalue weighted by atomic mass is 19.4. The van der Waals surface area contributed by atoms with Gasteiger partial charge in [0.15, 0.2) is 0 Å². The zero-order chi connectivity index (χ0) is 12.3. The molecule has 1 unspecified atom stereocenters. The minimum absolute atomic E-state index is 0.0666. The van der Waals surface area contributed by atoms with Crippen molar-refractivity contribution in [3.8, 4) is 5.75 Å². The molecule has 0 radical (unpaired) electrons. The van der Waals surface area contributed by atoms with Crippen LogP contribution >= 0.6 is 0 Å². The fourth-order valence-electron chi connectivity index (χ4n) is 1.73. The highest BCUT2D eigenvalue weighted by molar-refractivity contribution is 5.39. The first kappa shape index (κ1) is 12.2. The molecule has 0 bridgehead atoms. The smallest absolute Gasteiger partial charge is 0.491 e. The van der Waals surface area contributed by atoms with Gasteiger partial charge in [0, 0.05) is 12.1 Å². The summed E-state index contributed by atoms with van der Waals surface area (Å²) in [7, 11) is 0. The van der Waals surface area contributed by atoms with Crippen molar-refractivity contribution < 1.29 is 22.6 Å². The van der Waals surface area contributed by atoms with Gasteiger partial charge in [-0.1, -0.05) is 18.2 Å². The van der Waals surface area contributed by atoms with Crippen molar-refractivity contribution in [2.24, 2.45) is 0 Å². The van der Waals surface area contributed by atoms with Crippen LogP contribution in [0.1, 0.15) is 11.6 Å². The van der Waals surface area contributed by atoms with Crippen molar-refractivity contribution in [1.29, 1.82) is 0 Å². The van der Waals surface area contributed by atoms with Crippen LogP contribution < -0.4 is 10.1 Å². The van der Waals surface area contributed by atoms with E-state index >= 15 is 0 Å². The molecule has 94 valence electrons. The Morgan fingerprint density at radius 2 is 2.12 bits per heavy atom. The summed E-state index contributed by atoms with van der Waals surface area (Å²) >= 11 is 0. The molecule has 1 heterocycles. The van der Waals surface area contributed by atoms with Gasteiger partial charge in [0.1, 0.15) is 12.4 Å². The van der Waals surface area contributed by atoms with E-state index in [-0.39, 0.29) is 12.6 Å². The molecule has 0 fully saturated rings. The van der Waals surface area contributed by atoms with Crippen LogP contribution in [0.15, 0.2) is 24.3 Å². The Morgan fingerprint density at radius 1 is 1.35 bits per heavy atom. The van der Waals surface area contributed by atoms with Gasteiger partial charge in [-0.2, -0.15) is 0 Å². The van der Waals surface area contributed by atoms with E-state index in [9.17, 15) is 13.2 Å². The molecule has 1 aromatic rings. The monoisotopic (exact) mass is 247 g/mol. The number of hydrogen-bond donors (Lipinski definition) is 1. The average Bonchev–Trinajstić information content (AvgIpc) is 2.67. The van der Waals surface area contributed by atoms with Crippen LogP contribution in [-0.2, 0) is 4.74 Å². The van der Waals surface area contributed by atoms with Crippen molar-refractivity contribution >= 4 is 0 Å². The van der Waals surface area contributed by atoms with Crippen molar-refractivity contribution in [2.45, 2.75) is 12.4 Å². The van der Waals surface area contributed by atoms with Crippen LogP contribution in [0.5, 0.6) is 5.75 Å². The third-order valence-corrected chi connectivity index (χ3v) is 2.46. The topological polar surface area (TPSA) is 30.5 Å². The fourth-order valence-corrected chi connectivity index (χ4v) is 1.73. The number of halogens is 3. The lowest BCUT2D eigenvalue weighted by molar-refractivity contribution is -0.323. The van der Waals surface area contributed by atoms with Crippen molar-refractivity contribution in [3.05, 3.63) is 29.8 Å². The summed E-state index contributed by atoms with van der Waals surface area (Å²) in [5.41, 5.74) is 0.972. The Labute approximate surface area is 96.5 Å². The van der Waals surface area contributed by atoms with Crippen LogP contribution in [0, 0.1) is 0 Å². The lowest BCUT2D eigenvalue weighted by Crippen LogP contribution is -2.28. The molecule has 1 atom stereocenters. The minimum Gasteiger partial charge on any atom is -0.491 e. The van der Waals surface area contributed by atoms with E-state index in [4.69, 9.17) is 4.74 Å². The predicted molar refractivity (Wildman–Crippen MR) is 54.7 cm³/mol. The molecular weight excluding hydrogens is 235 g/mol. The molecule has 3 nitrogen and oxygen atoms in total. The standard InChI is InChI=1S/C11H12F3NO2/c12-11(13,14)17-6-5-15-9-7-16-10-4-2-1-3-8(9)10/h1-4,9,15H,5-7H2. The van der Waals surface area contributed by atoms with Gasteiger partial charge < -0.3 is 10.1 Å². The Balaban J connectivity index is 1.78. The SMILES string of the molecule is FC(F)(F)OCCNC1COc2ccccc21. The van der Waals surface area contributed by atoms with E-state index in [1.807, 2.05) is 24.3 Å². The Kier molecular flexibility index (Phi) is 3.54. The highest BCUT2D eigenvalue weighted by Crippen LogP contribution is 2.31. The average molecular weight is 247 g/mol. The van der Waals surface area contributed by atoms with E-state index < -0.39 is 13.0 Å². The van der Waals surface area contributed by atoms with E-state index in [1.165, 1.54) is 0 Å². The number of hydrogen-bond acceptors (Lipinski definition) is 3. The van der Waals surface area contributed by atoms with Gasteiger partial charge in [0.05, 0.1) is 12.6 Å². The first-order chi connectivity index (χ1) is 8.06. The molecule has 0 saturated carbocycles. The summed E-state index contributed by atoms with van der Waals surface area (Å²) < 4.78 is 44.2. The molecule has 1 aromatic carbocycles. The molecule has 0 saturated heterocycles. The van der Waals surface area contributed by atoms with Gasteiger partial charge in [-0.3, -0.25) is 4.74 Å². The van der Waals surface area contributed by atoms with E-state index in [0.29, 0.717) is 6.61 Å². The zero-order valence-electron chi connectivity index (χ0n) is 8.96. The first-order valence-corrected chi connectivity index (χ1v) is 5.22. The molecule has 1 aliphatic heterocycles. The quantitative estimate of drug-likeness (QED) is 0.828. The third-order valence-electron chi connectivity index (χ3n) is 2.46. The molecule has 0 aliphatic carbocycles. The predicted octanol–water partition coefficient (Wildman–Crippen LogP) is 2.25. The maximum Gasteiger partial charge on any atom is 0.522 e. The van der Waals surface area contributed by atoms with Gasteiger partial charge in [0.25, 0.3) is 0 Å². The molecule has 0 spiro atoms. The van der Waals surface area contributed by atoms with Crippen molar-refractivity contribution in [1.82, 2.24) is 5.32 Å². The summed E-state index contributed by atoms with van der Waals surface area (Å²) in [5, 5.41) is 2.96. The van der Waals surface area contributed by atoms with Gasteiger partial charge in [-0.15, -0.1) is 13.2 Å². The number of fused-ring (bicyclic) bond motifs is 1. The highest BCUT2D eigenvalue weighted by Gasteiger charge is 2.29. The Bertz CT molecular complexity index is 381. The second kappa shape index (κ2) is 4.93. The summed E-state index contributed by atoms with van der Waals surface area (Å²) in [4.78, 5) is 0. The fraction of sp³-hybridized carbons (Fsp3) is 0.455. The van der Waals surface area contributed by atoms with Crippen LogP contribution in [0.25, 0.3) is 0 Å². The third kappa shape index (κ3) is 3.34. The number of rotatable bonds is 4. The van der Waals surface area contributed by atoms with Gasteiger partial charge in [-0.05, 0) is 6.07 Å². The maximum atomic E-state index is 11.7. The molecule has 2 rings (SSSR count). The number of ether oxygens (including phenoxy) is 2. The Morgan fingerprint density at radius 3 is 2.88 bits per heavy atom. The van der Waals surface area contributed by atoms with Gasteiger partial charge >= 0.3 is 6.36 Å².